The number of ether oxygens (including phenoxy) is 1. The summed E-state index contributed by atoms with van der Waals surface area (Å²) in [6.45, 7) is 7.27. The van der Waals surface area contributed by atoms with Gasteiger partial charge in [-0.05, 0) is 23.5 Å². The fourth-order valence-corrected chi connectivity index (χ4v) is 3.25. The number of carboxylic acid groups (broad SMARTS) is 2. The van der Waals surface area contributed by atoms with Crippen LogP contribution in [0.25, 0.3) is 0 Å². The lowest BCUT2D eigenvalue weighted by Crippen LogP contribution is -2.50. The summed E-state index contributed by atoms with van der Waals surface area (Å²) < 4.78 is 5.18. The van der Waals surface area contributed by atoms with E-state index in [0.29, 0.717) is 6.42 Å². The molecule has 1 aromatic carbocycles. The number of rotatable bonds is 13. The third-order valence-electron chi connectivity index (χ3n) is 5.08. The lowest BCUT2D eigenvalue weighted by Gasteiger charge is -2.39. The van der Waals surface area contributed by atoms with Gasteiger partial charge >= 0.3 is 5.97 Å². The maximum absolute atomic E-state index is 12.4. The van der Waals surface area contributed by atoms with E-state index in [1.165, 1.54) is 0 Å². The largest absolute Gasteiger partial charge is 0.549 e. The van der Waals surface area contributed by atoms with Gasteiger partial charge in [0.2, 0.25) is 0 Å². The first-order chi connectivity index (χ1) is 13.3. The van der Waals surface area contributed by atoms with Crippen LogP contribution < -0.4 is 10.2 Å². The van der Waals surface area contributed by atoms with Crippen LogP contribution in [0, 0.1) is 11.3 Å². The molecule has 0 bridgehead atoms. The van der Waals surface area contributed by atoms with Gasteiger partial charge in [-0.2, -0.15) is 0 Å². The summed E-state index contributed by atoms with van der Waals surface area (Å²) in [6, 6.07) is 8.91. The average molecular weight is 388 g/mol. The van der Waals surface area contributed by atoms with E-state index in [1.807, 2.05) is 19.9 Å². The zero-order chi connectivity index (χ0) is 21.2. The molecule has 0 N–H and O–H groups in total. The van der Waals surface area contributed by atoms with Crippen LogP contribution in [0.5, 0.6) is 0 Å². The summed E-state index contributed by atoms with van der Waals surface area (Å²) in [5, 5.41) is 23.5. The van der Waals surface area contributed by atoms with Crippen molar-refractivity contribution in [2.75, 3.05) is 0 Å². The number of hydrogen-bond acceptors (Lipinski definition) is 6. The van der Waals surface area contributed by atoms with Gasteiger partial charge in [-0.15, -0.1) is 0 Å². The van der Waals surface area contributed by atoms with Crippen LogP contribution in [0.1, 0.15) is 57.9 Å². The van der Waals surface area contributed by atoms with E-state index in [2.05, 4.69) is 6.58 Å². The van der Waals surface area contributed by atoms with E-state index in [9.17, 15) is 24.6 Å². The number of carboxylic acids is 2. The Labute approximate surface area is 166 Å². The fraction of sp³-hybridized carbons (Fsp3) is 0.500. The van der Waals surface area contributed by atoms with E-state index < -0.39 is 35.3 Å². The number of carbonyl (C=O) groups excluding carboxylic acids is 3. The summed E-state index contributed by atoms with van der Waals surface area (Å²) in [5.74, 6) is -4.25. The van der Waals surface area contributed by atoms with Gasteiger partial charge in [0.15, 0.2) is 0 Å². The van der Waals surface area contributed by atoms with Crippen LogP contribution >= 0.6 is 0 Å². The maximum atomic E-state index is 12.4. The number of hydrogen-bond donors (Lipinski definition) is 0. The molecule has 0 aromatic heterocycles. The van der Waals surface area contributed by atoms with Gasteiger partial charge in [0, 0.05) is 5.41 Å². The molecule has 0 saturated carbocycles. The van der Waals surface area contributed by atoms with E-state index in [1.54, 1.807) is 24.3 Å². The molecule has 0 aliphatic heterocycles. The Morgan fingerprint density at radius 2 is 1.79 bits per heavy atom. The van der Waals surface area contributed by atoms with Crippen LogP contribution in [-0.2, 0) is 25.7 Å². The highest BCUT2D eigenvalue weighted by Gasteiger charge is 2.40. The predicted molar refractivity (Wildman–Crippen MR) is 100 cm³/mol. The Balaban J connectivity index is 3.03. The Bertz CT molecular complexity index is 682. The molecule has 2 atom stereocenters. The number of benzene rings is 1. The summed E-state index contributed by atoms with van der Waals surface area (Å²) in [5.41, 5.74) is -1.97. The molecule has 0 saturated heterocycles. The van der Waals surface area contributed by atoms with Crippen LogP contribution in [0.4, 0.5) is 0 Å². The second kappa shape index (κ2) is 11.3. The van der Waals surface area contributed by atoms with Crippen molar-refractivity contribution >= 4 is 17.9 Å². The molecular weight excluding hydrogens is 360 g/mol. The van der Waals surface area contributed by atoms with Crippen molar-refractivity contribution in [1.29, 1.82) is 0 Å². The van der Waals surface area contributed by atoms with Crippen molar-refractivity contribution in [3.05, 3.63) is 48.0 Å². The third-order valence-corrected chi connectivity index (χ3v) is 5.08. The van der Waals surface area contributed by atoms with Crippen LogP contribution in [-0.4, -0.2) is 17.9 Å². The molecule has 0 aliphatic carbocycles. The lowest BCUT2D eigenvalue weighted by molar-refractivity contribution is -0.323. The van der Waals surface area contributed by atoms with Crippen molar-refractivity contribution in [2.24, 2.45) is 11.3 Å². The van der Waals surface area contributed by atoms with Crippen LogP contribution in [0.2, 0.25) is 0 Å². The minimum Gasteiger partial charge on any atom is -0.549 e. The Hall–Kier alpha value is -2.63. The number of esters is 1. The Kier molecular flexibility index (Phi) is 9.42. The molecule has 0 spiro atoms. The zero-order valence-electron chi connectivity index (χ0n) is 16.6. The van der Waals surface area contributed by atoms with Gasteiger partial charge in [-0.1, -0.05) is 76.4 Å². The molecule has 6 heteroatoms. The highest BCUT2D eigenvalue weighted by atomic mass is 16.5. The first-order valence-corrected chi connectivity index (χ1v) is 9.58. The molecule has 1 rings (SSSR count). The minimum atomic E-state index is -2.05. The topological polar surface area (TPSA) is 107 Å². The van der Waals surface area contributed by atoms with E-state index in [4.69, 9.17) is 4.74 Å². The van der Waals surface area contributed by atoms with Crippen molar-refractivity contribution in [2.45, 2.75) is 59.0 Å². The second-order valence-corrected chi connectivity index (χ2v) is 7.08. The summed E-state index contributed by atoms with van der Waals surface area (Å²) >= 11 is 0. The molecule has 0 heterocycles. The molecule has 0 radical (unpaired) electrons. The normalized spacial score (nSPS) is 13.9. The van der Waals surface area contributed by atoms with Crippen LogP contribution in [0.15, 0.2) is 42.5 Å². The minimum absolute atomic E-state index is 0.0341. The summed E-state index contributed by atoms with van der Waals surface area (Å²) in [4.78, 5) is 35.9. The Morgan fingerprint density at radius 1 is 1.14 bits per heavy atom. The van der Waals surface area contributed by atoms with Gasteiger partial charge in [0.1, 0.15) is 6.61 Å². The van der Waals surface area contributed by atoms with Crippen molar-refractivity contribution in [1.82, 2.24) is 0 Å². The summed E-state index contributed by atoms with van der Waals surface area (Å²) in [6.07, 6.45) is 2.46. The molecule has 2 unspecified atom stereocenters. The fourth-order valence-electron chi connectivity index (χ4n) is 3.25. The monoisotopic (exact) mass is 388 g/mol. The van der Waals surface area contributed by atoms with Gasteiger partial charge in [-0.3, -0.25) is 4.79 Å². The SMILES string of the molecule is C=C(C(=O)[O-])C(CC(=O)OCc1ccccc1)(CC(CC)CCCC)C(=O)[O-]. The van der Waals surface area contributed by atoms with Crippen molar-refractivity contribution < 1.29 is 29.3 Å². The van der Waals surface area contributed by atoms with Crippen LogP contribution in [0.3, 0.4) is 0 Å². The molecule has 28 heavy (non-hydrogen) atoms. The molecule has 0 amide bonds. The summed E-state index contributed by atoms with van der Waals surface area (Å²) in [7, 11) is 0. The highest BCUT2D eigenvalue weighted by Crippen LogP contribution is 2.40. The average Bonchev–Trinajstić information content (AvgIpc) is 2.68. The third kappa shape index (κ3) is 6.51. The number of unbranched alkanes of at least 4 members (excludes halogenated alkanes) is 1. The molecule has 1 aromatic rings. The number of carbonyl (C=O) groups is 3. The molecular formula is C22H28O6-2. The van der Waals surface area contributed by atoms with Gasteiger partial charge in [0.05, 0.1) is 18.4 Å². The lowest BCUT2D eigenvalue weighted by atomic mass is 9.70. The molecule has 154 valence electrons. The van der Waals surface area contributed by atoms with Crippen molar-refractivity contribution in [3.63, 3.8) is 0 Å². The zero-order valence-corrected chi connectivity index (χ0v) is 16.6. The van der Waals surface area contributed by atoms with Gasteiger partial charge in [-0.25, -0.2) is 0 Å². The first-order valence-electron chi connectivity index (χ1n) is 9.58. The van der Waals surface area contributed by atoms with Gasteiger partial charge < -0.3 is 24.5 Å². The number of aliphatic carboxylic acids is 2. The van der Waals surface area contributed by atoms with Crippen molar-refractivity contribution in [3.8, 4) is 0 Å². The van der Waals surface area contributed by atoms with E-state index in [0.717, 1.165) is 24.8 Å². The highest BCUT2D eigenvalue weighted by molar-refractivity contribution is 5.96. The first kappa shape index (κ1) is 23.4. The van der Waals surface area contributed by atoms with Gasteiger partial charge in [0.25, 0.3) is 0 Å². The van der Waals surface area contributed by atoms with E-state index in [-0.39, 0.29) is 18.9 Å². The smallest absolute Gasteiger partial charge is 0.307 e. The second-order valence-electron chi connectivity index (χ2n) is 7.08. The van der Waals surface area contributed by atoms with E-state index >= 15 is 0 Å². The molecule has 0 aliphatic rings. The quantitative estimate of drug-likeness (QED) is 0.376. The standard InChI is InChI=1S/C22H30O6/c1-4-6-10-17(5-2)13-22(21(26)27,16(3)20(24)25)14-19(23)28-15-18-11-8-7-9-12-18/h7-9,11-12,17H,3-6,10,13-15H2,1-2H3,(H,24,25)(H,26,27)/p-2. The predicted octanol–water partition coefficient (Wildman–Crippen LogP) is 1.77. The maximum Gasteiger partial charge on any atom is 0.307 e. The molecule has 6 nitrogen and oxygen atoms in total. The molecule has 0 fully saturated rings. The Morgan fingerprint density at radius 3 is 2.29 bits per heavy atom.